The van der Waals surface area contributed by atoms with Gasteiger partial charge in [-0.05, 0) is 36.8 Å². The van der Waals surface area contributed by atoms with Gasteiger partial charge < -0.3 is 10.7 Å². The lowest BCUT2D eigenvalue weighted by molar-refractivity contribution is 0.308. The monoisotopic (exact) mass is 221 g/mol. The normalized spacial score (nSPS) is 18.2. The van der Waals surface area contributed by atoms with Gasteiger partial charge in [0.2, 0.25) is 0 Å². The van der Waals surface area contributed by atoms with E-state index in [1.165, 1.54) is 5.56 Å². The number of nitrogens with zero attached hydrogens (tertiary/aromatic N) is 1. The second-order valence-corrected chi connectivity index (χ2v) is 5.33. The topological polar surface area (TPSA) is 71.8 Å². The Morgan fingerprint density at radius 3 is 2.94 bits per heavy atom. The van der Waals surface area contributed by atoms with Crippen molar-refractivity contribution in [2.75, 3.05) is 6.54 Å². The summed E-state index contributed by atoms with van der Waals surface area (Å²) < 4.78 is 0. The van der Waals surface area contributed by atoms with Gasteiger partial charge in [-0.2, -0.15) is 4.98 Å². The molecule has 0 aliphatic heterocycles. The smallest absolute Gasteiger partial charge is 0.330 e. The van der Waals surface area contributed by atoms with E-state index >= 15 is 0 Å². The molecule has 2 rings (SSSR count). The minimum absolute atomic E-state index is 0.236. The molecular formula is C12H19N3O. The zero-order chi connectivity index (χ0) is 11.8. The van der Waals surface area contributed by atoms with Gasteiger partial charge in [0.05, 0.1) is 5.69 Å². The maximum absolute atomic E-state index is 11.4. The molecule has 16 heavy (non-hydrogen) atoms. The van der Waals surface area contributed by atoms with Crippen molar-refractivity contribution < 1.29 is 0 Å². The first-order valence-electron chi connectivity index (χ1n) is 5.83. The molecule has 0 spiro atoms. The number of H-pyrrole nitrogens is 1. The van der Waals surface area contributed by atoms with Crippen LogP contribution >= 0.6 is 0 Å². The minimum atomic E-state index is -0.236. The molecule has 1 aliphatic rings. The summed E-state index contributed by atoms with van der Waals surface area (Å²) in [7, 11) is 0. The lowest BCUT2D eigenvalue weighted by Crippen LogP contribution is -2.29. The van der Waals surface area contributed by atoms with Crippen molar-refractivity contribution in [1.82, 2.24) is 9.97 Å². The number of nitrogens with one attached hydrogen (secondary N) is 1. The van der Waals surface area contributed by atoms with E-state index in [9.17, 15) is 4.79 Å². The summed E-state index contributed by atoms with van der Waals surface area (Å²) in [5.41, 5.74) is 8.78. The van der Waals surface area contributed by atoms with E-state index < -0.39 is 0 Å². The molecule has 1 aromatic rings. The van der Waals surface area contributed by atoms with Crippen LogP contribution < -0.4 is 11.4 Å². The van der Waals surface area contributed by atoms with Crippen molar-refractivity contribution in [3.05, 3.63) is 27.4 Å². The molecule has 0 bridgehead atoms. The first kappa shape index (κ1) is 11.3. The number of hydrogen-bond donors (Lipinski definition) is 2. The fraction of sp³-hybridized carbons (Fsp3) is 0.667. The van der Waals surface area contributed by atoms with Crippen molar-refractivity contribution in [3.8, 4) is 0 Å². The molecule has 0 aromatic carbocycles. The van der Waals surface area contributed by atoms with E-state index in [1.54, 1.807) is 0 Å². The average Bonchev–Trinajstić information content (AvgIpc) is 2.15. The Balaban J connectivity index is 2.45. The van der Waals surface area contributed by atoms with Crippen LogP contribution in [0.25, 0.3) is 0 Å². The predicted molar refractivity (Wildman–Crippen MR) is 63.4 cm³/mol. The van der Waals surface area contributed by atoms with Gasteiger partial charge >= 0.3 is 5.69 Å². The number of aromatic amines is 1. The largest absolute Gasteiger partial charge is 0.345 e. The van der Waals surface area contributed by atoms with Crippen molar-refractivity contribution in [1.29, 1.82) is 0 Å². The van der Waals surface area contributed by atoms with E-state index in [-0.39, 0.29) is 11.1 Å². The van der Waals surface area contributed by atoms with Gasteiger partial charge in [0.1, 0.15) is 0 Å². The zero-order valence-electron chi connectivity index (χ0n) is 9.97. The molecule has 0 atom stereocenters. The molecule has 3 N–H and O–H groups in total. The summed E-state index contributed by atoms with van der Waals surface area (Å²) in [5.74, 6) is 0. The van der Waals surface area contributed by atoms with Crippen molar-refractivity contribution in [2.45, 2.75) is 39.5 Å². The van der Waals surface area contributed by atoms with Crippen LogP contribution in [-0.2, 0) is 19.3 Å². The van der Waals surface area contributed by atoms with Gasteiger partial charge in [-0.1, -0.05) is 13.8 Å². The molecule has 0 radical (unpaired) electrons. The van der Waals surface area contributed by atoms with Gasteiger partial charge in [0.15, 0.2) is 0 Å². The van der Waals surface area contributed by atoms with Crippen LogP contribution in [0.15, 0.2) is 4.79 Å². The Labute approximate surface area is 95.3 Å². The molecule has 1 aliphatic carbocycles. The highest BCUT2D eigenvalue weighted by Crippen LogP contribution is 2.33. The highest BCUT2D eigenvalue weighted by Gasteiger charge is 2.27. The Morgan fingerprint density at radius 2 is 2.25 bits per heavy atom. The van der Waals surface area contributed by atoms with E-state index in [0.29, 0.717) is 13.0 Å². The van der Waals surface area contributed by atoms with Crippen LogP contribution in [0.5, 0.6) is 0 Å². The third kappa shape index (κ3) is 2.16. The van der Waals surface area contributed by atoms with Gasteiger partial charge in [0, 0.05) is 12.1 Å². The Kier molecular flexibility index (Phi) is 2.84. The van der Waals surface area contributed by atoms with Crippen LogP contribution in [0.2, 0.25) is 0 Å². The van der Waals surface area contributed by atoms with Gasteiger partial charge in [0.25, 0.3) is 0 Å². The first-order valence-corrected chi connectivity index (χ1v) is 5.83. The summed E-state index contributed by atoms with van der Waals surface area (Å²) in [6, 6.07) is 0. The number of fused-ring (bicyclic) bond motifs is 1. The molecule has 1 aromatic heterocycles. The molecule has 1 heterocycles. The van der Waals surface area contributed by atoms with Crippen LogP contribution in [0.3, 0.4) is 0 Å². The summed E-state index contributed by atoms with van der Waals surface area (Å²) in [4.78, 5) is 18.3. The summed E-state index contributed by atoms with van der Waals surface area (Å²) >= 11 is 0. The van der Waals surface area contributed by atoms with Gasteiger partial charge in [-0.25, -0.2) is 4.79 Å². The first-order chi connectivity index (χ1) is 7.52. The zero-order valence-corrected chi connectivity index (χ0v) is 9.97. The van der Waals surface area contributed by atoms with Crippen LogP contribution in [0, 0.1) is 5.41 Å². The Bertz CT molecular complexity index is 448. The molecule has 0 fully saturated rings. The molecule has 0 saturated carbocycles. The quantitative estimate of drug-likeness (QED) is 0.775. The van der Waals surface area contributed by atoms with Crippen LogP contribution in [0.4, 0.5) is 0 Å². The predicted octanol–water partition coefficient (Wildman–Crippen LogP) is 0.786. The van der Waals surface area contributed by atoms with Gasteiger partial charge in [-0.3, -0.25) is 0 Å². The lowest BCUT2D eigenvalue weighted by Gasteiger charge is -2.31. The molecule has 0 saturated heterocycles. The third-order valence-electron chi connectivity index (χ3n) is 3.30. The van der Waals surface area contributed by atoms with Crippen molar-refractivity contribution >= 4 is 0 Å². The van der Waals surface area contributed by atoms with Gasteiger partial charge in [-0.15, -0.1) is 0 Å². The lowest BCUT2D eigenvalue weighted by atomic mass is 9.76. The number of rotatable bonds is 2. The average molecular weight is 221 g/mol. The number of nitrogens with two attached hydrogens (primary N) is 1. The van der Waals surface area contributed by atoms with Crippen molar-refractivity contribution in [3.63, 3.8) is 0 Å². The molecule has 88 valence electrons. The SMILES string of the molecule is CC1(C)CCc2c(CCN)nc(=O)[nH]c2C1. The molecule has 4 nitrogen and oxygen atoms in total. The molecule has 0 unspecified atom stereocenters. The highest BCUT2D eigenvalue weighted by molar-refractivity contribution is 5.28. The fourth-order valence-electron chi connectivity index (χ4n) is 2.42. The molecule has 0 amide bonds. The highest BCUT2D eigenvalue weighted by atomic mass is 16.1. The second-order valence-electron chi connectivity index (χ2n) is 5.33. The number of hydrogen-bond acceptors (Lipinski definition) is 3. The Morgan fingerprint density at radius 1 is 1.50 bits per heavy atom. The Hall–Kier alpha value is -1.16. The van der Waals surface area contributed by atoms with E-state index in [4.69, 9.17) is 5.73 Å². The summed E-state index contributed by atoms with van der Waals surface area (Å²) in [5, 5.41) is 0. The maximum Gasteiger partial charge on any atom is 0.345 e. The van der Waals surface area contributed by atoms with Crippen LogP contribution in [0.1, 0.15) is 37.2 Å². The number of aromatic nitrogens is 2. The second kappa shape index (κ2) is 4.01. The minimum Gasteiger partial charge on any atom is -0.330 e. The third-order valence-corrected chi connectivity index (χ3v) is 3.30. The summed E-state index contributed by atoms with van der Waals surface area (Å²) in [6.07, 6.45) is 3.77. The molecule has 4 heteroatoms. The maximum atomic E-state index is 11.4. The van der Waals surface area contributed by atoms with Crippen LogP contribution in [-0.4, -0.2) is 16.5 Å². The molecular weight excluding hydrogens is 202 g/mol. The van der Waals surface area contributed by atoms with E-state index in [1.807, 2.05) is 0 Å². The fourth-order valence-corrected chi connectivity index (χ4v) is 2.42. The van der Waals surface area contributed by atoms with E-state index in [2.05, 4.69) is 23.8 Å². The van der Waals surface area contributed by atoms with Crippen molar-refractivity contribution in [2.24, 2.45) is 11.1 Å². The standard InChI is InChI=1S/C12H19N3O/c1-12(2)5-3-8-9(4-6-13)14-11(16)15-10(8)7-12/h3-7,13H2,1-2H3,(H,14,15,16). The van der Waals surface area contributed by atoms with E-state index in [0.717, 1.165) is 30.7 Å². The summed E-state index contributed by atoms with van der Waals surface area (Å²) in [6.45, 7) is 5.01.